The summed E-state index contributed by atoms with van der Waals surface area (Å²) in [7, 11) is 0. The van der Waals surface area contributed by atoms with Crippen LogP contribution in [0.15, 0.2) is 61.2 Å². The third-order valence-corrected chi connectivity index (χ3v) is 3.49. The van der Waals surface area contributed by atoms with Gasteiger partial charge in [0.1, 0.15) is 0 Å². The van der Waals surface area contributed by atoms with Crippen molar-refractivity contribution in [3.63, 3.8) is 0 Å². The Morgan fingerprint density at radius 1 is 0.684 bits per heavy atom. The lowest BCUT2D eigenvalue weighted by molar-refractivity contribution is 0.678. The first kappa shape index (κ1) is 13.6. The highest BCUT2D eigenvalue weighted by molar-refractivity contribution is 5.47. The van der Waals surface area contributed by atoms with Gasteiger partial charge >= 0.3 is 0 Å². The maximum Gasteiger partial charge on any atom is -0.0262 e. The maximum atomic E-state index is 3.78. The van der Waals surface area contributed by atoms with Crippen LogP contribution < -0.4 is 0 Å². The van der Waals surface area contributed by atoms with E-state index in [1.54, 1.807) is 0 Å². The highest BCUT2D eigenvalue weighted by atomic mass is 14.0. The van der Waals surface area contributed by atoms with Gasteiger partial charge in [-0.05, 0) is 42.4 Å². The van der Waals surface area contributed by atoms with Crippen molar-refractivity contribution in [2.45, 2.75) is 32.1 Å². The molecule has 0 radical (unpaired) electrons. The number of unbranched alkanes of at least 4 members (excludes halogenated alkanes) is 2. The first-order valence-corrected chi connectivity index (χ1v) is 7.14. The van der Waals surface area contributed by atoms with E-state index in [2.05, 4.69) is 61.2 Å². The Balaban J connectivity index is 1.65. The van der Waals surface area contributed by atoms with E-state index >= 15 is 0 Å². The lowest BCUT2D eigenvalue weighted by Crippen LogP contribution is -1.88. The predicted octanol–water partition coefficient (Wildman–Crippen LogP) is 5.29. The Morgan fingerprint density at radius 3 is 1.84 bits per heavy atom. The van der Waals surface area contributed by atoms with Crippen LogP contribution in [0.4, 0.5) is 0 Å². The molecule has 0 aromatic heterocycles. The van der Waals surface area contributed by atoms with Crippen LogP contribution in [0.1, 0.15) is 36.0 Å². The summed E-state index contributed by atoms with van der Waals surface area (Å²) in [6.07, 6.45) is 8.15. The molecule has 0 aliphatic rings. The van der Waals surface area contributed by atoms with Crippen molar-refractivity contribution in [1.82, 2.24) is 0 Å². The first-order chi connectivity index (χ1) is 9.38. The average Bonchev–Trinajstić information content (AvgIpc) is 2.49. The minimum atomic E-state index is 1.19. The molecule has 0 aliphatic heterocycles. The van der Waals surface area contributed by atoms with E-state index in [0.29, 0.717) is 0 Å². The molecule has 19 heavy (non-hydrogen) atoms. The van der Waals surface area contributed by atoms with Crippen LogP contribution >= 0.6 is 0 Å². The van der Waals surface area contributed by atoms with Gasteiger partial charge in [0.25, 0.3) is 0 Å². The highest BCUT2D eigenvalue weighted by Gasteiger charge is 1.95. The molecule has 98 valence electrons. The Morgan fingerprint density at radius 2 is 1.26 bits per heavy atom. The van der Waals surface area contributed by atoms with Crippen LogP contribution in [0, 0.1) is 0 Å². The van der Waals surface area contributed by atoms with Crippen molar-refractivity contribution in [2.24, 2.45) is 0 Å². The molecule has 0 saturated heterocycles. The zero-order valence-corrected chi connectivity index (χ0v) is 11.5. The monoisotopic (exact) mass is 250 g/mol. The summed E-state index contributed by atoms with van der Waals surface area (Å²) in [6, 6.07) is 19.5. The molecule has 2 aromatic carbocycles. The number of benzene rings is 2. The predicted molar refractivity (Wildman–Crippen MR) is 84.2 cm³/mol. The Bertz CT molecular complexity index is 479. The SMILES string of the molecule is C=Cc1ccc(CCCCCc2ccccc2)cc1. The van der Waals surface area contributed by atoms with Crippen LogP contribution in [0.5, 0.6) is 0 Å². The van der Waals surface area contributed by atoms with Crippen molar-refractivity contribution in [3.05, 3.63) is 77.9 Å². The fraction of sp³-hybridized carbons (Fsp3) is 0.263. The van der Waals surface area contributed by atoms with Crippen LogP contribution in [0.2, 0.25) is 0 Å². The second-order valence-electron chi connectivity index (χ2n) is 4.99. The molecule has 0 aliphatic carbocycles. The van der Waals surface area contributed by atoms with E-state index in [0.717, 1.165) is 0 Å². The van der Waals surface area contributed by atoms with Crippen molar-refractivity contribution in [2.75, 3.05) is 0 Å². The smallest absolute Gasteiger partial charge is 0.0262 e. The van der Waals surface area contributed by atoms with Crippen LogP contribution in [0.3, 0.4) is 0 Å². The van der Waals surface area contributed by atoms with Crippen molar-refractivity contribution < 1.29 is 0 Å². The van der Waals surface area contributed by atoms with Crippen molar-refractivity contribution in [3.8, 4) is 0 Å². The van der Waals surface area contributed by atoms with Gasteiger partial charge in [-0.1, -0.05) is 73.7 Å². The largest absolute Gasteiger partial charge is 0.0985 e. The molecule has 2 rings (SSSR count). The molecule has 0 spiro atoms. The molecule has 0 unspecified atom stereocenters. The minimum absolute atomic E-state index is 1.19. The third-order valence-electron chi connectivity index (χ3n) is 3.49. The lowest BCUT2D eigenvalue weighted by atomic mass is 10.0. The summed E-state index contributed by atoms with van der Waals surface area (Å²) >= 11 is 0. The standard InChI is InChI=1S/C19H22/c1-2-17-13-15-19(16-14-17)12-8-4-7-11-18-9-5-3-6-10-18/h2-3,5-6,9-10,13-16H,1,4,7-8,11-12H2. The van der Waals surface area contributed by atoms with E-state index in [1.807, 2.05) is 6.08 Å². The molecule has 0 atom stereocenters. The van der Waals surface area contributed by atoms with Gasteiger partial charge in [-0.25, -0.2) is 0 Å². The van der Waals surface area contributed by atoms with Gasteiger partial charge in [-0.2, -0.15) is 0 Å². The Hall–Kier alpha value is -1.82. The average molecular weight is 250 g/mol. The van der Waals surface area contributed by atoms with E-state index in [9.17, 15) is 0 Å². The van der Waals surface area contributed by atoms with E-state index in [1.165, 1.54) is 48.8 Å². The molecule has 0 heterocycles. The van der Waals surface area contributed by atoms with Crippen LogP contribution in [0.25, 0.3) is 6.08 Å². The second kappa shape index (κ2) is 7.58. The summed E-state index contributed by atoms with van der Waals surface area (Å²) in [4.78, 5) is 0. The van der Waals surface area contributed by atoms with Crippen LogP contribution in [-0.4, -0.2) is 0 Å². The number of rotatable bonds is 7. The van der Waals surface area contributed by atoms with Gasteiger partial charge < -0.3 is 0 Å². The van der Waals surface area contributed by atoms with E-state index < -0.39 is 0 Å². The number of aryl methyl sites for hydroxylation is 2. The second-order valence-corrected chi connectivity index (χ2v) is 4.99. The van der Waals surface area contributed by atoms with E-state index in [-0.39, 0.29) is 0 Å². The summed E-state index contributed by atoms with van der Waals surface area (Å²) in [5.41, 5.74) is 4.09. The van der Waals surface area contributed by atoms with E-state index in [4.69, 9.17) is 0 Å². The van der Waals surface area contributed by atoms with Gasteiger partial charge in [-0.15, -0.1) is 0 Å². The quantitative estimate of drug-likeness (QED) is 0.586. The Labute approximate surface area is 116 Å². The third kappa shape index (κ3) is 4.75. The van der Waals surface area contributed by atoms with Gasteiger partial charge in [-0.3, -0.25) is 0 Å². The normalized spacial score (nSPS) is 10.3. The molecule has 0 N–H and O–H groups in total. The van der Waals surface area contributed by atoms with Crippen molar-refractivity contribution >= 4 is 6.08 Å². The lowest BCUT2D eigenvalue weighted by Gasteiger charge is -2.03. The Kier molecular flexibility index (Phi) is 5.43. The molecule has 0 amide bonds. The van der Waals surface area contributed by atoms with Crippen LogP contribution in [-0.2, 0) is 12.8 Å². The molecule has 0 nitrogen and oxygen atoms in total. The first-order valence-electron chi connectivity index (χ1n) is 7.14. The zero-order chi connectivity index (χ0) is 13.3. The van der Waals surface area contributed by atoms with Gasteiger partial charge in [0.05, 0.1) is 0 Å². The molecule has 2 aromatic rings. The molecule has 0 heteroatoms. The fourth-order valence-electron chi connectivity index (χ4n) is 2.30. The number of hydrogen-bond donors (Lipinski definition) is 0. The maximum absolute atomic E-state index is 3.78. The molecule has 0 fully saturated rings. The molecule has 0 saturated carbocycles. The van der Waals surface area contributed by atoms with Crippen molar-refractivity contribution in [1.29, 1.82) is 0 Å². The highest BCUT2D eigenvalue weighted by Crippen LogP contribution is 2.11. The number of hydrogen-bond acceptors (Lipinski definition) is 0. The summed E-state index contributed by atoms with van der Waals surface area (Å²) in [5.74, 6) is 0. The van der Waals surface area contributed by atoms with Gasteiger partial charge in [0.2, 0.25) is 0 Å². The molecule has 0 bridgehead atoms. The molecular formula is C19H22. The minimum Gasteiger partial charge on any atom is -0.0985 e. The zero-order valence-electron chi connectivity index (χ0n) is 11.5. The fourth-order valence-corrected chi connectivity index (χ4v) is 2.30. The van der Waals surface area contributed by atoms with Gasteiger partial charge in [0.15, 0.2) is 0 Å². The molecular weight excluding hydrogens is 228 g/mol. The topological polar surface area (TPSA) is 0 Å². The summed E-state index contributed by atoms with van der Waals surface area (Å²) in [5, 5.41) is 0. The summed E-state index contributed by atoms with van der Waals surface area (Å²) in [6.45, 7) is 3.78. The summed E-state index contributed by atoms with van der Waals surface area (Å²) < 4.78 is 0. The van der Waals surface area contributed by atoms with Gasteiger partial charge in [0, 0.05) is 0 Å².